The number of aromatic amines is 1. The second-order valence-corrected chi connectivity index (χ2v) is 7.62. The molecule has 4 aromatic rings. The molecule has 3 heterocycles. The summed E-state index contributed by atoms with van der Waals surface area (Å²) in [6.45, 7) is 0.939. The third-order valence-electron chi connectivity index (χ3n) is 5.85. The summed E-state index contributed by atoms with van der Waals surface area (Å²) in [6, 6.07) is 13.8. The zero-order chi connectivity index (χ0) is 18.1. The van der Waals surface area contributed by atoms with E-state index < -0.39 is 0 Å². The molecule has 0 spiro atoms. The van der Waals surface area contributed by atoms with Crippen LogP contribution in [0, 0.1) is 0 Å². The summed E-state index contributed by atoms with van der Waals surface area (Å²) in [5.74, 6) is 0. The minimum absolute atomic E-state index is 0.478. The van der Waals surface area contributed by atoms with Gasteiger partial charge in [-0.1, -0.05) is 43.2 Å². The van der Waals surface area contributed by atoms with Crippen LogP contribution in [0.25, 0.3) is 22.1 Å². The van der Waals surface area contributed by atoms with E-state index in [0.717, 1.165) is 24.1 Å². The molecule has 0 radical (unpaired) electrons. The first-order valence-electron chi connectivity index (χ1n) is 9.94. The van der Waals surface area contributed by atoms with Gasteiger partial charge in [0.15, 0.2) is 0 Å². The van der Waals surface area contributed by atoms with E-state index in [1.165, 1.54) is 42.1 Å². The van der Waals surface area contributed by atoms with Crippen LogP contribution in [0.4, 0.5) is 0 Å². The Hall–Kier alpha value is -2.66. The van der Waals surface area contributed by atoms with Crippen molar-refractivity contribution in [2.24, 2.45) is 0 Å². The zero-order valence-corrected chi connectivity index (χ0v) is 15.4. The van der Waals surface area contributed by atoms with E-state index in [0.29, 0.717) is 12.1 Å². The van der Waals surface area contributed by atoms with E-state index in [4.69, 9.17) is 0 Å². The maximum absolute atomic E-state index is 4.64. The Bertz CT molecular complexity index is 1030. The fraction of sp³-hybridized carbons (Fsp3) is 0.364. The van der Waals surface area contributed by atoms with E-state index in [9.17, 15) is 0 Å². The quantitative estimate of drug-likeness (QED) is 0.525. The van der Waals surface area contributed by atoms with Crippen molar-refractivity contribution in [3.8, 4) is 0 Å². The van der Waals surface area contributed by atoms with Crippen molar-refractivity contribution in [1.29, 1.82) is 0 Å². The van der Waals surface area contributed by atoms with Crippen LogP contribution in [0.2, 0.25) is 0 Å². The summed E-state index contributed by atoms with van der Waals surface area (Å²) in [6.07, 6.45) is 12.0. The predicted octanol–water partition coefficient (Wildman–Crippen LogP) is 4.58. The highest BCUT2D eigenvalue weighted by Gasteiger charge is 2.23. The summed E-state index contributed by atoms with van der Waals surface area (Å²) in [7, 11) is 0. The normalized spacial score (nSPS) is 20.9. The molecule has 2 unspecified atom stereocenters. The van der Waals surface area contributed by atoms with Gasteiger partial charge >= 0.3 is 0 Å². The molecule has 138 valence electrons. The van der Waals surface area contributed by atoms with Crippen LogP contribution in [0.15, 0.2) is 55.1 Å². The highest BCUT2D eigenvalue weighted by molar-refractivity contribution is 6.00. The van der Waals surface area contributed by atoms with Crippen LogP contribution >= 0.6 is 0 Å². The van der Waals surface area contributed by atoms with Gasteiger partial charge in [0, 0.05) is 30.2 Å². The molecule has 5 nitrogen and oxygen atoms in total. The molecule has 1 aromatic carbocycles. The maximum Gasteiger partial charge on any atom is 0.139 e. The van der Waals surface area contributed by atoms with Gasteiger partial charge < -0.3 is 14.9 Å². The van der Waals surface area contributed by atoms with Gasteiger partial charge in [-0.3, -0.25) is 0 Å². The monoisotopic (exact) mass is 359 g/mol. The van der Waals surface area contributed by atoms with E-state index in [-0.39, 0.29) is 0 Å². The number of rotatable bonds is 4. The van der Waals surface area contributed by atoms with Crippen LogP contribution in [0.5, 0.6) is 0 Å². The van der Waals surface area contributed by atoms with Crippen LogP contribution in [-0.2, 0) is 6.54 Å². The van der Waals surface area contributed by atoms with Crippen LogP contribution in [0.3, 0.4) is 0 Å². The van der Waals surface area contributed by atoms with Crippen molar-refractivity contribution in [2.75, 3.05) is 0 Å². The molecule has 0 amide bonds. The smallest absolute Gasteiger partial charge is 0.139 e. The molecule has 0 bridgehead atoms. The number of pyridine rings is 1. The molecule has 1 saturated carbocycles. The highest BCUT2D eigenvalue weighted by Crippen LogP contribution is 2.32. The van der Waals surface area contributed by atoms with Gasteiger partial charge in [0.2, 0.25) is 0 Å². The Labute approximate surface area is 158 Å². The number of imidazole rings is 1. The van der Waals surface area contributed by atoms with Gasteiger partial charge in [-0.2, -0.15) is 0 Å². The molecule has 0 saturated heterocycles. The maximum atomic E-state index is 4.64. The number of aromatic nitrogens is 4. The van der Waals surface area contributed by atoms with Crippen molar-refractivity contribution in [1.82, 2.24) is 24.8 Å². The lowest BCUT2D eigenvalue weighted by atomic mass is 10.0. The van der Waals surface area contributed by atoms with Gasteiger partial charge in [-0.15, -0.1) is 0 Å². The van der Waals surface area contributed by atoms with Gasteiger partial charge in [0.1, 0.15) is 11.2 Å². The van der Waals surface area contributed by atoms with Crippen LogP contribution in [0.1, 0.15) is 43.7 Å². The standard InChI is InChI=1S/C22H25N5/c1-2-6-16(7-3-1)13-24-17-8-4-5-9-18(12-17)27-15-26-20-14-25-22-19(21(20)27)10-11-23-22/h1-3,6-7,10-11,14-15,17-18,24H,4-5,8-9,12-13H2,(H,23,25). The number of hydrogen-bond acceptors (Lipinski definition) is 3. The number of nitrogens with one attached hydrogen (secondary N) is 2. The molecular weight excluding hydrogens is 334 g/mol. The fourth-order valence-electron chi connectivity index (χ4n) is 4.44. The van der Waals surface area contributed by atoms with Crippen molar-refractivity contribution in [2.45, 2.75) is 50.7 Å². The first-order chi connectivity index (χ1) is 13.4. The van der Waals surface area contributed by atoms with Gasteiger partial charge in [0.05, 0.1) is 18.0 Å². The first-order valence-corrected chi connectivity index (χ1v) is 9.94. The fourth-order valence-corrected chi connectivity index (χ4v) is 4.44. The minimum Gasteiger partial charge on any atom is -0.346 e. The van der Waals surface area contributed by atoms with E-state index in [1.807, 2.05) is 18.7 Å². The Morgan fingerprint density at radius 2 is 1.96 bits per heavy atom. The first kappa shape index (κ1) is 16.5. The average Bonchev–Trinajstić information content (AvgIpc) is 3.28. The molecule has 1 aliphatic rings. The SMILES string of the molecule is c1ccc(CNC2CCCCC(n3cnc4cnc5[nH]ccc5c43)C2)cc1. The Morgan fingerprint density at radius 1 is 1.07 bits per heavy atom. The van der Waals surface area contributed by atoms with Gasteiger partial charge in [0.25, 0.3) is 0 Å². The Kier molecular flexibility index (Phi) is 4.38. The minimum atomic E-state index is 0.478. The van der Waals surface area contributed by atoms with Crippen LogP contribution < -0.4 is 5.32 Å². The summed E-state index contributed by atoms with van der Waals surface area (Å²) < 4.78 is 2.40. The number of nitrogens with zero attached hydrogens (tertiary/aromatic N) is 3. The van der Waals surface area contributed by atoms with Crippen molar-refractivity contribution < 1.29 is 0 Å². The Morgan fingerprint density at radius 3 is 2.89 bits per heavy atom. The molecule has 2 N–H and O–H groups in total. The van der Waals surface area contributed by atoms with E-state index in [2.05, 4.69) is 61.2 Å². The zero-order valence-electron chi connectivity index (χ0n) is 15.4. The van der Waals surface area contributed by atoms with Crippen molar-refractivity contribution in [3.63, 3.8) is 0 Å². The topological polar surface area (TPSA) is 58.5 Å². The molecule has 3 aromatic heterocycles. The molecular formula is C22H25N5. The summed E-state index contributed by atoms with van der Waals surface area (Å²) in [4.78, 5) is 12.3. The average molecular weight is 359 g/mol. The highest BCUT2D eigenvalue weighted by atomic mass is 15.1. The molecule has 1 fully saturated rings. The molecule has 5 rings (SSSR count). The van der Waals surface area contributed by atoms with Crippen molar-refractivity contribution in [3.05, 3.63) is 60.7 Å². The second-order valence-electron chi connectivity index (χ2n) is 7.62. The predicted molar refractivity (Wildman–Crippen MR) is 109 cm³/mol. The Balaban J connectivity index is 1.41. The molecule has 27 heavy (non-hydrogen) atoms. The van der Waals surface area contributed by atoms with Crippen LogP contribution in [-0.4, -0.2) is 25.6 Å². The lowest BCUT2D eigenvalue weighted by Crippen LogP contribution is -2.30. The molecule has 5 heteroatoms. The van der Waals surface area contributed by atoms with E-state index >= 15 is 0 Å². The molecule has 2 atom stereocenters. The molecule has 1 aliphatic carbocycles. The van der Waals surface area contributed by atoms with Crippen molar-refractivity contribution >= 4 is 22.1 Å². The number of benzene rings is 1. The number of hydrogen-bond donors (Lipinski definition) is 2. The van der Waals surface area contributed by atoms with Gasteiger partial charge in [-0.05, 0) is 30.9 Å². The summed E-state index contributed by atoms with van der Waals surface area (Å²) >= 11 is 0. The molecule has 0 aliphatic heterocycles. The summed E-state index contributed by atoms with van der Waals surface area (Å²) in [5.41, 5.74) is 4.50. The number of fused-ring (bicyclic) bond motifs is 3. The lowest BCUT2D eigenvalue weighted by molar-refractivity contribution is 0.384. The largest absolute Gasteiger partial charge is 0.346 e. The van der Waals surface area contributed by atoms with Gasteiger partial charge in [-0.25, -0.2) is 9.97 Å². The third-order valence-corrected chi connectivity index (χ3v) is 5.85. The second kappa shape index (κ2) is 7.16. The lowest BCUT2D eigenvalue weighted by Gasteiger charge is -2.23. The summed E-state index contributed by atoms with van der Waals surface area (Å²) in [5, 5.41) is 4.97. The number of H-pyrrole nitrogens is 1. The van der Waals surface area contributed by atoms with E-state index in [1.54, 1.807) is 0 Å². The third kappa shape index (κ3) is 3.23.